The fourth-order valence-corrected chi connectivity index (χ4v) is 6.49. The molecule has 212 valence electrons. The molecule has 0 aliphatic carbocycles. The molecule has 0 spiro atoms. The van der Waals surface area contributed by atoms with Crippen molar-refractivity contribution < 1.29 is 14.4 Å². The van der Waals surface area contributed by atoms with Gasteiger partial charge in [0.1, 0.15) is 5.70 Å². The van der Waals surface area contributed by atoms with Crippen molar-refractivity contribution in [2.24, 2.45) is 0 Å². The molecule has 0 aliphatic rings. The Bertz CT molecular complexity index is 1930. The maximum Gasteiger partial charge on any atom is 0.272 e. The smallest absolute Gasteiger partial charge is 0.272 e. The van der Waals surface area contributed by atoms with E-state index in [1.54, 1.807) is 41.0 Å². The van der Waals surface area contributed by atoms with Crippen LogP contribution < -0.4 is 10.6 Å². The fourth-order valence-electron chi connectivity index (χ4n) is 4.91. The molecule has 1 atom stereocenters. The van der Waals surface area contributed by atoms with Crippen molar-refractivity contribution in [2.75, 3.05) is 5.32 Å². The molecule has 4 aromatic carbocycles. The van der Waals surface area contributed by atoms with Crippen molar-refractivity contribution >= 4 is 74.4 Å². The predicted molar refractivity (Wildman–Crippen MR) is 177 cm³/mol. The third-order valence-electron chi connectivity index (χ3n) is 6.94. The lowest BCUT2D eigenvalue weighted by Gasteiger charge is -2.15. The topological polar surface area (TPSA) is 80.2 Å². The van der Waals surface area contributed by atoms with Gasteiger partial charge in [-0.15, -0.1) is 11.8 Å². The van der Waals surface area contributed by atoms with Gasteiger partial charge >= 0.3 is 0 Å². The van der Waals surface area contributed by atoms with Crippen molar-refractivity contribution in [1.29, 1.82) is 0 Å². The predicted octanol–water partition coefficient (Wildman–Crippen LogP) is 8.09. The van der Waals surface area contributed by atoms with Gasteiger partial charge in [0.15, 0.2) is 0 Å². The molecule has 0 bridgehead atoms. The van der Waals surface area contributed by atoms with Crippen LogP contribution in [0.3, 0.4) is 0 Å². The number of thiophene rings is 1. The van der Waals surface area contributed by atoms with Crippen LogP contribution in [-0.2, 0) is 4.79 Å². The summed E-state index contributed by atoms with van der Waals surface area (Å²) in [6.45, 7) is 1.89. The molecule has 2 aromatic heterocycles. The molecular formula is C35H27N3O3S2. The normalized spacial score (nSPS) is 12.3. The molecule has 0 fully saturated rings. The van der Waals surface area contributed by atoms with Crippen molar-refractivity contribution in [3.05, 3.63) is 137 Å². The molecule has 6 rings (SSSR count). The van der Waals surface area contributed by atoms with Crippen molar-refractivity contribution in [2.45, 2.75) is 17.1 Å². The molecule has 0 saturated carbocycles. The van der Waals surface area contributed by atoms with Crippen LogP contribution in [0.5, 0.6) is 0 Å². The zero-order valence-electron chi connectivity index (χ0n) is 23.2. The number of amides is 2. The number of rotatable bonds is 8. The van der Waals surface area contributed by atoms with Crippen molar-refractivity contribution in [3.8, 4) is 0 Å². The van der Waals surface area contributed by atoms with Gasteiger partial charge in [0.05, 0.1) is 16.3 Å². The molecular weight excluding hydrogens is 575 g/mol. The first-order valence-electron chi connectivity index (χ1n) is 13.7. The van der Waals surface area contributed by atoms with Gasteiger partial charge in [0.25, 0.3) is 11.8 Å². The van der Waals surface area contributed by atoms with E-state index in [-0.39, 0.29) is 17.5 Å². The average molecular weight is 602 g/mol. The minimum absolute atomic E-state index is 0.0264. The zero-order chi connectivity index (χ0) is 29.8. The highest BCUT2D eigenvalue weighted by atomic mass is 32.2. The van der Waals surface area contributed by atoms with Gasteiger partial charge in [-0.05, 0) is 77.9 Å². The lowest BCUT2D eigenvalue weighted by atomic mass is 10.2. The van der Waals surface area contributed by atoms with Crippen LogP contribution in [0.4, 0.5) is 5.69 Å². The maximum atomic E-state index is 13.8. The molecule has 0 aliphatic heterocycles. The Morgan fingerprint density at radius 1 is 0.814 bits per heavy atom. The summed E-state index contributed by atoms with van der Waals surface area (Å²) in [6.07, 6.45) is 1.65. The Labute approximate surface area is 257 Å². The summed E-state index contributed by atoms with van der Waals surface area (Å²) in [5, 5.41) is 11.2. The number of hydrogen-bond donors (Lipinski definition) is 2. The number of carbonyl (C=O) groups is 3. The highest BCUT2D eigenvalue weighted by Gasteiger charge is 2.22. The zero-order valence-corrected chi connectivity index (χ0v) is 24.8. The number of aromatic nitrogens is 1. The first kappa shape index (κ1) is 28.2. The molecule has 0 saturated heterocycles. The number of thioether (sulfide) groups is 1. The van der Waals surface area contributed by atoms with E-state index in [0.29, 0.717) is 11.3 Å². The molecule has 8 heteroatoms. The Hall–Kier alpha value is -4.92. The van der Waals surface area contributed by atoms with Gasteiger partial charge in [-0.1, -0.05) is 60.7 Å². The number of anilines is 1. The van der Waals surface area contributed by atoms with Crippen molar-refractivity contribution in [1.82, 2.24) is 9.88 Å². The molecule has 2 N–H and O–H groups in total. The van der Waals surface area contributed by atoms with Gasteiger partial charge in [-0.25, -0.2) is 0 Å². The van der Waals surface area contributed by atoms with Crippen LogP contribution in [0.15, 0.2) is 131 Å². The second-order valence-electron chi connectivity index (χ2n) is 9.88. The molecule has 6 nitrogen and oxygen atoms in total. The summed E-state index contributed by atoms with van der Waals surface area (Å²) >= 11 is 2.93. The van der Waals surface area contributed by atoms with Gasteiger partial charge in [-0.3, -0.25) is 19.0 Å². The first-order chi connectivity index (χ1) is 21.0. The number of hydrogen-bond acceptors (Lipinski definition) is 5. The largest absolute Gasteiger partial charge is 0.321 e. The van der Waals surface area contributed by atoms with E-state index in [0.717, 1.165) is 32.3 Å². The van der Waals surface area contributed by atoms with E-state index < -0.39 is 11.2 Å². The average Bonchev–Trinajstić information content (AvgIpc) is 3.67. The minimum Gasteiger partial charge on any atom is -0.321 e. The highest BCUT2D eigenvalue weighted by molar-refractivity contribution is 8.00. The summed E-state index contributed by atoms with van der Waals surface area (Å²) in [7, 11) is 0. The summed E-state index contributed by atoms with van der Waals surface area (Å²) in [5.41, 5.74) is 3.70. The Morgan fingerprint density at radius 3 is 2.16 bits per heavy atom. The molecule has 43 heavy (non-hydrogen) atoms. The number of nitrogens with one attached hydrogen (secondary N) is 2. The van der Waals surface area contributed by atoms with Crippen molar-refractivity contribution in [3.63, 3.8) is 0 Å². The molecule has 6 aromatic rings. The summed E-state index contributed by atoms with van der Waals surface area (Å²) in [6, 6.07) is 33.9. The number of carbonyl (C=O) groups excluding carboxylic acids is 3. The highest BCUT2D eigenvalue weighted by Crippen LogP contribution is 2.32. The fraction of sp³-hybridized carbons (Fsp3) is 0.0571. The second kappa shape index (κ2) is 12.5. The lowest BCUT2D eigenvalue weighted by Crippen LogP contribution is -2.30. The number of nitrogens with zero attached hydrogens (tertiary/aromatic N) is 1. The Balaban J connectivity index is 1.21. The monoisotopic (exact) mass is 601 g/mol. The third-order valence-corrected chi connectivity index (χ3v) is 8.72. The van der Waals surface area contributed by atoms with Crippen LogP contribution in [0.2, 0.25) is 0 Å². The van der Waals surface area contributed by atoms with Crippen LogP contribution in [0, 0.1) is 0 Å². The van der Waals surface area contributed by atoms with E-state index in [2.05, 4.69) is 10.6 Å². The maximum absolute atomic E-state index is 13.8. The van der Waals surface area contributed by atoms with E-state index in [4.69, 9.17) is 0 Å². The van der Waals surface area contributed by atoms with Crippen LogP contribution >= 0.6 is 23.1 Å². The molecule has 0 radical (unpaired) electrons. The van der Waals surface area contributed by atoms with Crippen LogP contribution in [0.1, 0.15) is 27.6 Å². The minimum atomic E-state index is -0.452. The number of para-hydroxylation sites is 2. The first-order valence-corrected chi connectivity index (χ1v) is 15.5. The van der Waals surface area contributed by atoms with Crippen LogP contribution in [0.25, 0.3) is 27.9 Å². The van der Waals surface area contributed by atoms with E-state index in [1.807, 2.05) is 96.5 Å². The van der Waals surface area contributed by atoms with E-state index in [1.165, 1.54) is 23.1 Å². The standard InChI is InChI=1S/C35H27N3O3S2/c1-23(35(41)38-31-16-7-5-14-28(31)29-15-6-8-17-32(29)38)43-27-13-9-12-26(21-27)36-34(40)30(20-24-18-19-42-22-24)37-33(39)25-10-3-2-4-11-25/h2-23H,1H3,(H,36,40)(H,37,39)/b30-20+. The molecule has 2 amide bonds. The van der Waals surface area contributed by atoms with E-state index in [9.17, 15) is 14.4 Å². The molecule has 1 unspecified atom stereocenters. The summed E-state index contributed by atoms with van der Waals surface area (Å²) in [4.78, 5) is 40.9. The number of fused-ring (bicyclic) bond motifs is 3. The van der Waals surface area contributed by atoms with Gasteiger partial charge in [0, 0.05) is 26.9 Å². The van der Waals surface area contributed by atoms with Gasteiger partial charge in [-0.2, -0.15) is 11.3 Å². The Kier molecular flexibility index (Phi) is 8.22. The molecule has 2 heterocycles. The number of benzene rings is 4. The second-order valence-corrected chi connectivity index (χ2v) is 12.1. The third kappa shape index (κ3) is 6.16. The van der Waals surface area contributed by atoms with Gasteiger partial charge < -0.3 is 10.6 Å². The van der Waals surface area contributed by atoms with E-state index >= 15 is 0 Å². The van der Waals surface area contributed by atoms with Gasteiger partial charge in [0.2, 0.25) is 5.91 Å². The Morgan fingerprint density at radius 2 is 1.49 bits per heavy atom. The lowest BCUT2D eigenvalue weighted by molar-refractivity contribution is -0.113. The van der Waals surface area contributed by atoms with Crippen LogP contribution in [-0.4, -0.2) is 27.5 Å². The SMILES string of the molecule is CC(Sc1cccc(NC(=O)/C(=C\c2ccsc2)NC(=O)c2ccccc2)c1)C(=O)n1c2ccccc2c2ccccc21. The quantitative estimate of drug-likeness (QED) is 0.137. The summed E-state index contributed by atoms with van der Waals surface area (Å²) < 4.78 is 1.80. The summed E-state index contributed by atoms with van der Waals surface area (Å²) in [5.74, 6) is -0.854.